The number of rotatable bonds is 2. The molecule has 13 heavy (non-hydrogen) atoms. The highest BCUT2D eigenvalue weighted by Gasteiger charge is 2.34. The quantitative estimate of drug-likeness (QED) is 0.648. The lowest BCUT2D eigenvalue weighted by molar-refractivity contribution is 0.0418. The molecule has 1 heteroatoms. The summed E-state index contributed by atoms with van der Waals surface area (Å²) in [6.45, 7) is 11.9. The van der Waals surface area contributed by atoms with Gasteiger partial charge in [-0.25, -0.2) is 0 Å². The van der Waals surface area contributed by atoms with Crippen molar-refractivity contribution in [3.05, 3.63) is 24.8 Å². The fraction of sp³-hybridized carbons (Fsp3) is 0.667. The zero-order valence-corrected chi connectivity index (χ0v) is 8.71. The molecule has 0 unspecified atom stereocenters. The van der Waals surface area contributed by atoms with Gasteiger partial charge < -0.3 is 5.11 Å². The standard InChI is InChI=1S/C12H20O/c1-5-12(4)7-6-10(9(2)3)11(13)8-12/h5,10-11,13H,1-2,6-8H2,3-4H3/t10-,11+,12+/m1/s1. The molecule has 1 saturated carbocycles. The summed E-state index contributed by atoms with van der Waals surface area (Å²) >= 11 is 0. The normalized spacial score (nSPS) is 39.9. The molecule has 0 bridgehead atoms. The summed E-state index contributed by atoms with van der Waals surface area (Å²) in [7, 11) is 0. The lowest BCUT2D eigenvalue weighted by Crippen LogP contribution is -2.34. The van der Waals surface area contributed by atoms with Gasteiger partial charge in [-0.3, -0.25) is 0 Å². The van der Waals surface area contributed by atoms with Crippen molar-refractivity contribution in [1.29, 1.82) is 0 Å². The minimum atomic E-state index is -0.228. The van der Waals surface area contributed by atoms with Gasteiger partial charge in [0.2, 0.25) is 0 Å². The third kappa shape index (κ3) is 2.22. The van der Waals surface area contributed by atoms with Crippen LogP contribution in [0.3, 0.4) is 0 Å². The summed E-state index contributed by atoms with van der Waals surface area (Å²) in [6.07, 6.45) is 4.73. The highest BCUT2D eigenvalue weighted by Crippen LogP contribution is 2.41. The Morgan fingerprint density at radius 1 is 1.62 bits per heavy atom. The van der Waals surface area contributed by atoms with Gasteiger partial charge in [-0.2, -0.15) is 0 Å². The van der Waals surface area contributed by atoms with Crippen molar-refractivity contribution in [2.24, 2.45) is 11.3 Å². The Balaban J connectivity index is 2.66. The average molecular weight is 180 g/mol. The van der Waals surface area contributed by atoms with E-state index in [1.54, 1.807) is 0 Å². The van der Waals surface area contributed by atoms with Crippen molar-refractivity contribution in [2.75, 3.05) is 0 Å². The van der Waals surface area contributed by atoms with E-state index >= 15 is 0 Å². The van der Waals surface area contributed by atoms with Crippen LogP contribution in [0.25, 0.3) is 0 Å². The topological polar surface area (TPSA) is 20.2 Å². The molecular weight excluding hydrogens is 160 g/mol. The molecule has 3 atom stereocenters. The van der Waals surface area contributed by atoms with Crippen LogP contribution in [0.2, 0.25) is 0 Å². The summed E-state index contributed by atoms with van der Waals surface area (Å²) < 4.78 is 0. The molecule has 0 radical (unpaired) electrons. The van der Waals surface area contributed by atoms with E-state index < -0.39 is 0 Å². The summed E-state index contributed by atoms with van der Waals surface area (Å²) in [4.78, 5) is 0. The van der Waals surface area contributed by atoms with Gasteiger partial charge in [-0.05, 0) is 31.6 Å². The van der Waals surface area contributed by atoms with Gasteiger partial charge in [-0.15, -0.1) is 6.58 Å². The van der Waals surface area contributed by atoms with Crippen LogP contribution in [0.15, 0.2) is 24.8 Å². The minimum Gasteiger partial charge on any atom is -0.392 e. The summed E-state index contributed by atoms with van der Waals surface area (Å²) in [5.41, 5.74) is 1.24. The molecule has 1 fully saturated rings. The van der Waals surface area contributed by atoms with E-state index in [0.717, 1.165) is 24.8 Å². The SMILES string of the molecule is C=C[C@@]1(C)CC[C@H](C(=C)C)[C@@H](O)C1. The van der Waals surface area contributed by atoms with Crippen molar-refractivity contribution in [1.82, 2.24) is 0 Å². The Morgan fingerprint density at radius 2 is 2.23 bits per heavy atom. The van der Waals surface area contributed by atoms with E-state index in [0.29, 0.717) is 5.92 Å². The van der Waals surface area contributed by atoms with E-state index in [-0.39, 0.29) is 11.5 Å². The molecule has 1 N–H and O–H groups in total. The highest BCUT2D eigenvalue weighted by molar-refractivity contribution is 5.06. The summed E-state index contributed by atoms with van der Waals surface area (Å²) in [6, 6.07) is 0. The molecule has 1 aliphatic rings. The molecule has 0 saturated heterocycles. The van der Waals surface area contributed by atoms with Crippen LogP contribution in [0.4, 0.5) is 0 Å². The maximum atomic E-state index is 9.90. The largest absolute Gasteiger partial charge is 0.392 e. The zero-order chi connectivity index (χ0) is 10.1. The van der Waals surface area contributed by atoms with Crippen LogP contribution < -0.4 is 0 Å². The summed E-state index contributed by atoms with van der Waals surface area (Å²) in [5.74, 6) is 0.299. The second-order valence-corrected chi connectivity index (χ2v) is 4.62. The second kappa shape index (κ2) is 3.67. The van der Waals surface area contributed by atoms with E-state index in [1.165, 1.54) is 0 Å². The fourth-order valence-corrected chi connectivity index (χ4v) is 2.16. The van der Waals surface area contributed by atoms with Gasteiger partial charge in [0.05, 0.1) is 6.10 Å². The average Bonchev–Trinajstić information content (AvgIpc) is 2.03. The molecule has 0 amide bonds. The van der Waals surface area contributed by atoms with Crippen LogP contribution in [-0.4, -0.2) is 11.2 Å². The predicted molar refractivity (Wildman–Crippen MR) is 56.5 cm³/mol. The molecule has 0 aromatic rings. The predicted octanol–water partition coefficient (Wildman–Crippen LogP) is 2.92. The van der Waals surface area contributed by atoms with Crippen molar-refractivity contribution >= 4 is 0 Å². The smallest absolute Gasteiger partial charge is 0.0613 e. The Kier molecular flexibility index (Phi) is 2.97. The number of aliphatic hydroxyl groups excluding tert-OH is 1. The first-order valence-electron chi connectivity index (χ1n) is 4.95. The third-order valence-electron chi connectivity index (χ3n) is 3.29. The maximum absolute atomic E-state index is 9.90. The first kappa shape index (κ1) is 10.5. The Bertz CT molecular complexity index is 219. The van der Waals surface area contributed by atoms with E-state index in [1.807, 2.05) is 13.0 Å². The number of hydrogen-bond acceptors (Lipinski definition) is 1. The fourth-order valence-electron chi connectivity index (χ4n) is 2.16. The van der Waals surface area contributed by atoms with Gasteiger partial charge >= 0.3 is 0 Å². The maximum Gasteiger partial charge on any atom is 0.0613 e. The first-order valence-corrected chi connectivity index (χ1v) is 4.95. The zero-order valence-electron chi connectivity index (χ0n) is 8.71. The monoisotopic (exact) mass is 180 g/mol. The molecule has 1 rings (SSSR count). The Hall–Kier alpha value is -0.560. The van der Waals surface area contributed by atoms with Gasteiger partial charge in [0, 0.05) is 5.92 Å². The lowest BCUT2D eigenvalue weighted by Gasteiger charge is -2.39. The molecule has 74 valence electrons. The van der Waals surface area contributed by atoms with E-state index in [2.05, 4.69) is 20.1 Å². The second-order valence-electron chi connectivity index (χ2n) is 4.62. The van der Waals surface area contributed by atoms with Gasteiger partial charge in [0.1, 0.15) is 0 Å². The van der Waals surface area contributed by atoms with Gasteiger partial charge in [-0.1, -0.05) is 25.2 Å². The molecule has 0 heterocycles. The van der Waals surface area contributed by atoms with E-state index in [4.69, 9.17) is 0 Å². The van der Waals surface area contributed by atoms with Crippen molar-refractivity contribution in [3.63, 3.8) is 0 Å². The van der Waals surface area contributed by atoms with Crippen LogP contribution in [0.5, 0.6) is 0 Å². The van der Waals surface area contributed by atoms with Crippen molar-refractivity contribution < 1.29 is 5.11 Å². The van der Waals surface area contributed by atoms with Crippen molar-refractivity contribution in [3.8, 4) is 0 Å². The molecule has 0 aliphatic heterocycles. The molecule has 0 aromatic heterocycles. The molecule has 0 aromatic carbocycles. The minimum absolute atomic E-state index is 0.130. The van der Waals surface area contributed by atoms with Crippen LogP contribution in [0, 0.1) is 11.3 Å². The Labute approximate surface area is 81.2 Å². The summed E-state index contributed by atoms with van der Waals surface area (Å²) in [5, 5.41) is 9.90. The Morgan fingerprint density at radius 3 is 2.62 bits per heavy atom. The number of allylic oxidation sites excluding steroid dienone is 1. The van der Waals surface area contributed by atoms with Gasteiger partial charge in [0.15, 0.2) is 0 Å². The lowest BCUT2D eigenvalue weighted by atomic mass is 9.69. The van der Waals surface area contributed by atoms with Crippen LogP contribution in [-0.2, 0) is 0 Å². The molecular formula is C12H20O. The van der Waals surface area contributed by atoms with Gasteiger partial charge in [0.25, 0.3) is 0 Å². The van der Waals surface area contributed by atoms with Crippen LogP contribution >= 0.6 is 0 Å². The number of aliphatic hydroxyl groups is 1. The third-order valence-corrected chi connectivity index (χ3v) is 3.29. The first-order chi connectivity index (χ1) is 5.98. The van der Waals surface area contributed by atoms with E-state index in [9.17, 15) is 5.11 Å². The van der Waals surface area contributed by atoms with Crippen molar-refractivity contribution in [2.45, 2.75) is 39.2 Å². The number of hydrogen-bond donors (Lipinski definition) is 1. The molecule has 1 aliphatic carbocycles. The molecule has 0 spiro atoms. The van der Waals surface area contributed by atoms with Crippen LogP contribution in [0.1, 0.15) is 33.1 Å². The highest BCUT2D eigenvalue weighted by atomic mass is 16.3. The molecule has 1 nitrogen and oxygen atoms in total.